The molecule has 2 aliphatic carbocycles. The number of hydrogen-bond donors (Lipinski definition) is 0. The van der Waals surface area contributed by atoms with Crippen molar-refractivity contribution in [2.45, 2.75) is 11.8 Å². The largest absolute Gasteiger partial charge is 0.456 e. The summed E-state index contributed by atoms with van der Waals surface area (Å²) in [6.45, 7) is 0. The molecule has 1 aliphatic heterocycles. The number of fused-ring (bicyclic) bond motifs is 6. The lowest BCUT2D eigenvalue weighted by atomic mass is 9.84. The topological polar surface area (TPSA) is 9.23 Å². The second-order valence-electron chi connectivity index (χ2n) is 13.6. The van der Waals surface area contributed by atoms with Crippen molar-refractivity contribution >= 4 is 33.7 Å². The SMILES string of the molecule is C1=c2ccccc2=CC2c3ccc(-c4cc(-c5ccccc5)cc(-c5ccc6c(c5)-c5cccc7cccc(c57)O6)c4)c4cccc(c34)C12. The van der Waals surface area contributed by atoms with Gasteiger partial charge < -0.3 is 4.74 Å². The Morgan fingerprint density at radius 3 is 1.88 bits per heavy atom. The zero-order valence-electron chi connectivity index (χ0n) is 26.7. The summed E-state index contributed by atoms with van der Waals surface area (Å²) in [6.07, 6.45) is 4.97. The molecular weight excluding hydrogens is 593 g/mol. The molecular formula is C48H30O. The van der Waals surface area contributed by atoms with E-state index in [9.17, 15) is 0 Å². The van der Waals surface area contributed by atoms with Crippen LogP contribution >= 0.6 is 0 Å². The molecule has 2 atom stereocenters. The average Bonchev–Trinajstić information content (AvgIpc) is 3.48. The van der Waals surface area contributed by atoms with Gasteiger partial charge in [0.1, 0.15) is 11.5 Å². The zero-order chi connectivity index (χ0) is 32.1. The van der Waals surface area contributed by atoms with Crippen molar-refractivity contribution in [3.8, 4) is 56.0 Å². The molecule has 11 rings (SSSR count). The van der Waals surface area contributed by atoms with Gasteiger partial charge in [0.2, 0.25) is 0 Å². The van der Waals surface area contributed by atoms with E-state index in [2.05, 4.69) is 170 Å². The third-order valence-corrected chi connectivity index (χ3v) is 11.0. The number of hydrogen-bond acceptors (Lipinski definition) is 1. The summed E-state index contributed by atoms with van der Waals surface area (Å²) in [7, 11) is 0. The predicted molar refractivity (Wildman–Crippen MR) is 203 cm³/mol. The van der Waals surface area contributed by atoms with E-state index in [-0.39, 0.29) is 0 Å². The van der Waals surface area contributed by atoms with Crippen LogP contribution in [-0.2, 0) is 0 Å². The molecule has 3 aliphatic rings. The summed E-state index contributed by atoms with van der Waals surface area (Å²) in [5, 5.41) is 7.80. The molecule has 8 aromatic rings. The van der Waals surface area contributed by atoms with Crippen LogP contribution < -0.4 is 15.2 Å². The number of rotatable bonds is 3. The first kappa shape index (κ1) is 26.8. The van der Waals surface area contributed by atoms with Crippen LogP contribution in [-0.4, -0.2) is 0 Å². The molecule has 0 aromatic heterocycles. The second-order valence-corrected chi connectivity index (χ2v) is 13.6. The van der Waals surface area contributed by atoms with Gasteiger partial charge in [-0.25, -0.2) is 0 Å². The summed E-state index contributed by atoms with van der Waals surface area (Å²) >= 11 is 0. The third kappa shape index (κ3) is 4.00. The second kappa shape index (κ2) is 10.2. The minimum absolute atomic E-state index is 0.363. The molecule has 228 valence electrons. The van der Waals surface area contributed by atoms with Crippen LogP contribution in [0.15, 0.2) is 158 Å². The maximum atomic E-state index is 6.46. The summed E-state index contributed by atoms with van der Waals surface area (Å²) < 4.78 is 6.46. The summed E-state index contributed by atoms with van der Waals surface area (Å²) in [6, 6.07) is 57.9. The average molecular weight is 623 g/mol. The monoisotopic (exact) mass is 622 g/mol. The van der Waals surface area contributed by atoms with E-state index in [0.29, 0.717) is 11.8 Å². The van der Waals surface area contributed by atoms with E-state index in [0.717, 1.165) is 17.1 Å². The van der Waals surface area contributed by atoms with Gasteiger partial charge in [0.25, 0.3) is 0 Å². The fourth-order valence-corrected chi connectivity index (χ4v) is 8.74. The van der Waals surface area contributed by atoms with Gasteiger partial charge in [-0.2, -0.15) is 0 Å². The molecule has 0 amide bonds. The number of ether oxygens (including phenoxy) is 1. The fourth-order valence-electron chi connectivity index (χ4n) is 8.74. The molecule has 0 radical (unpaired) electrons. The molecule has 1 heteroatoms. The molecule has 0 N–H and O–H groups in total. The van der Waals surface area contributed by atoms with Gasteiger partial charge in [0.05, 0.1) is 0 Å². The van der Waals surface area contributed by atoms with E-state index >= 15 is 0 Å². The summed E-state index contributed by atoms with van der Waals surface area (Å²) in [5.74, 6) is 2.55. The first-order valence-electron chi connectivity index (χ1n) is 17.2. The molecule has 8 aromatic carbocycles. The Morgan fingerprint density at radius 2 is 1.06 bits per heavy atom. The van der Waals surface area contributed by atoms with Gasteiger partial charge in [-0.1, -0.05) is 133 Å². The molecule has 0 saturated heterocycles. The maximum absolute atomic E-state index is 6.46. The molecule has 0 fully saturated rings. The quantitative estimate of drug-likeness (QED) is 0.190. The lowest BCUT2D eigenvalue weighted by Gasteiger charge is -2.22. The van der Waals surface area contributed by atoms with Crippen LogP contribution in [0.4, 0.5) is 0 Å². The van der Waals surface area contributed by atoms with E-state index < -0.39 is 0 Å². The zero-order valence-corrected chi connectivity index (χ0v) is 26.7. The van der Waals surface area contributed by atoms with Crippen molar-refractivity contribution < 1.29 is 4.74 Å². The Morgan fingerprint density at radius 1 is 0.367 bits per heavy atom. The fraction of sp³-hybridized carbons (Fsp3) is 0.0417. The van der Waals surface area contributed by atoms with Gasteiger partial charge in [-0.15, -0.1) is 0 Å². The molecule has 0 bridgehead atoms. The minimum atomic E-state index is 0.363. The van der Waals surface area contributed by atoms with Crippen LogP contribution in [0.1, 0.15) is 23.0 Å². The van der Waals surface area contributed by atoms with Crippen molar-refractivity contribution in [3.63, 3.8) is 0 Å². The van der Waals surface area contributed by atoms with E-state index in [1.165, 1.54) is 82.1 Å². The minimum Gasteiger partial charge on any atom is -0.456 e. The van der Waals surface area contributed by atoms with Gasteiger partial charge in [-0.05, 0) is 113 Å². The van der Waals surface area contributed by atoms with Crippen LogP contribution in [0.2, 0.25) is 0 Å². The van der Waals surface area contributed by atoms with Gasteiger partial charge >= 0.3 is 0 Å². The highest BCUT2D eigenvalue weighted by Gasteiger charge is 2.33. The Hall–Kier alpha value is -6.18. The van der Waals surface area contributed by atoms with Gasteiger partial charge in [-0.3, -0.25) is 0 Å². The van der Waals surface area contributed by atoms with Crippen molar-refractivity contribution in [1.29, 1.82) is 0 Å². The molecule has 0 saturated carbocycles. The van der Waals surface area contributed by atoms with Gasteiger partial charge in [0, 0.05) is 22.8 Å². The molecule has 1 nitrogen and oxygen atoms in total. The Bertz CT molecular complexity index is 2760. The summed E-state index contributed by atoms with van der Waals surface area (Å²) in [5.41, 5.74) is 12.5. The Balaban J connectivity index is 1.11. The van der Waals surface area contributed by atoms with Crippen molar-refractivity contribution in [1.82, 2.24) is 0 Å². The van der Waals surface area contributed by atoms with E-state index in [1.807, 2.05) is 0 Å². The highest BCUT2D eigenvalue weighted by molar-refractivity contribution is 6.06. The number of benzene rings is 8. The van der Waals surface area contributed by atoms with E-state index in [1.54, 1.807) is 0 Å². The Labute approximate surface area is 284 Å². The van der Waals surface area contributed by atoms with Gasteiger partial charge in [0.15, 0.2) is 0 Å². The summed E-state index contributed by atoms with van der Waals surface area (Å²) in [4.78, 5) is 0. The first-order valence-corrected chi connectivity index (χ1v) is 17.2. The first-order chi connectivity index (χ1) is 24.3. The highest BCUT2D eigenvalue weighted by atomic mass is 16.5. The van der Waals surface area contributed by atoms with Crippen LogP contribution in [0, 0.1) is 0 Å². The lowest BCUT2D eigenvalue weighted by Crippen LogP contribution is -2.29. The molecule has 0 spiro atoms. The standard InChI is InChI=1S/C48H30O/c1-2-9-29(10-3-1)34-23-35(33-19-22-45-44(28-33)40-15-6-13-30-14-7-18-46(49-45)47(30)40)25-36(24-34)37-20-21-41-43-27-32-12-5-4-11-31(32)26-42(43)39-17-8-16-38(37)48(39)41/h1-28,42-43H. The lowest BCUT2D eigenvalue weighted by molar-refractivity contribution is 0.487. The smallest absolute Gasteiger partial charge is 0.135 e. The molecule has 1 heterocycles. The Kier molecular flexibility index (Phi) is 5.57. The molecule has 2 unspecified atom stereocenters. The van der Waals surface area contributed by atoms with Crippen molar-refractivity contribution in [2.75, 3.05) is 0 Å². The van der Waals surface area contributed by atoms with Crippen molar-refractivity contribution in [2.24, 2.45) is 0 Å². The predicted octanol–water partition coefficient (Wildman–Crippen LogP) is 11.2. The maximum Gasteiger partial charge on any atom is 0.135 e. The highest BCUT2D eigenvalue weighted by Crippen LogP contribution is 2.52. The van der Waals surface area contributed by atoms with E-state index in [4.69, 9.17) is 4.74 Å². The molecule has 49 heavy (non-hydrogen) atoms. The van der Waals surface area contributed by atoms with Crippen LogP contribution in [0.5, 0.6) is 11.5 Å². The van der Waals surface area contributed by atoms with Crippen LogP contribution in [0.3, 0.4) is 0 Å². The normalized spacial score (nSPS) is 16.2. The third-order valence-electron chi connectivity index (χ3n) is 11.0. The van der Waals surface area contributed by atoms with Crippen LogP contribution in [0.25, 0.3) is 78.2 Å². The van der Waals surface area contributed by atoms with Crippen molar-refractivity contribution in [3.05, 3.63) is 179 Å².